The zero-order chi connectivity index (χ0) is 9.19. The average molecular weight is 176 g/mol. The van der Waals surface area contributed by atoms with Crippen molar-refractivity contribution in [2.45, 2.75) is 38.5 Å². The molecule has 70 valence electrons. The summed E-state index contributed by atoms with van der Waals surface area (Å²) in [5.74, 6) is -2.35. The Balaban J connectivity index is 2.40. The molecule has 1 aliphatic rings. The van der Waals surface area contributed by atoms with Gasteiger partial charge in [-0.15, -0.1) is 0 Å². The van der Waals surface area contributed by atoms with E-state index >= 15 is 0 Å². The smallest absolute Gasteiger partial charge is 0.248 e. The van der Waals surface area contributed by atoms with Crippen LogP contribution in [0.25, 0.3) is 0 Å². The topological polar surface area (TPSA) is 17.1 Å². The third-order valence-corrected chi connectivity index (χ3v) is 2.72. The second kappa shape index (κ2) is 3.50. The van der Waals surface area contributed by atoms with Crippen LogP contribution in [0.5, 0.6) is 0 Å². The molecule has 1 unspecified atom stereocenters. The lowest BCUT2D eigenvalue weighted by Gasteiger charge is -2.29. The SMILES string of the molecule is CC(C=O)C1CCC(F)(F)CC1. The van der Waals surface area contributed by atoms with Gasteiger partial charge in [0.2, 0.25) is 5.92 Å². The van der Waals surface area contributed by atoms with Crippen LogP contribution >= 0.6 is 0 Å². The van der Waals surface area contributed by atoms with E-state index in [1.165, 1.54) is 0 Å². The minimum Gasteiger partial charge on any atom is -0.303 e. The Bertz CT molecular complexity index is 158. The summed E-state index contributed by atoms with van der Waals surface area (Å²) < 4.78 is 25.3. The molecule has 0 aromatic heterocycles. The fraction of sp³-hybridized carbons (Fsp3) is 0.889. The molecule has 12 heavy (non-hydrogen) atoms. The van der Waals surface area contributed by atoms with Gasteiger partial charge in [-0.05, 0) is 18.8 Å². The fourth-order valence-electron chi connectivity index (χ4n) is 1.70. The zero-order valence-electron chi connectivity index (χ0n) is 7.22. The van der Waals surface area contributed by atoms with Crippen LogP contribution in [0.3, 0.4) is 0 Å². The first-order chi connectivity index (χ1) is 5.55. The van der Waals surface area contributed by atoms with Gasteiger partial charge < -0.3 is 4.79 Å². The third-order valence-electron chi connectivity index (χ3n) is 2.72. The van der Waals surface area contributed by atoms with E-state index in [1.54, 1.807) is 6.92 Å². The molecule has 0 bridgehead atoms. The zero-order valence-corrected chi connectivity index (χ0v) is 7.22. The molecule has 0 aromatic rings. The molecule has 0 amide bonds. The molecular weight excluding hydrogens is 162 g/mol. The molecule has 0 spiro atoms. The van der Waals surface area contributed by atoms with Crippen LogP contribution in [0.4, 0.5) is 8.78 Å². The second-order valence-corrected chi connectivity index (χ2v) is 3.69. The molecule has 0 heterocycles. The maximum atomic E-state index is 12.7. The van der Waals surface area contributed by atoms with E-state index in [1.807, 2.05) is 0 Å². The van der Waals surface area contributed by atoms with Crippen LogP contribution in [-0.2, 0) is 4.79 Å². The van der Waals surface area contributed by atoms with E-state index in [4.69, 9.17) is 0 Å². The van der Waals surface area contributed by atoms with Gasteiger partial charge in [-0.2, -0.15) is 0 Å². The molecule has 1 saturated carbocycles. The lowest BCUT2D eigenvalue weighted by Crippen LogP contribution is -2.28. The van der Waals surface area contributed by atoms with Crippen molar-refractivity contribution in [3.63, 3.8) is 0 Å². The van der Waals surface area contributed by atoms with Crippen molar-refractivity contribution < 1.29 is 13.6 Å². The van der Waals surface area contributed by atoms with E-state index in [2.05, 4.69) is 0 Å². The summed E-state index contributed by atoms with van der Waals surface area (Å²) in [6.45, 7) is 1.81. The summed E-state index contributed by atoms with van der Waals surface area (Å²) in [5, 5.41) is 0. The number of carbonyl (C=O) groups excluding carboxylic acids is 1. The van der Waals surface area contributed by atoms with E-state index in [9.17, 15) is 13.6 Å². The largest absolute Gasteiger partial charge is 0.303 e. The Hall–Kier alpha value is -0.470. The highest BCUT2D eigenvalue weighted by Gasteiger charge is 2.36. The summed E-state index contributed by atoms with van der Waals surface area (Å²) in [5.41, 5.74) is 0. The number of hydrogen-bond acceptors (Lipinski definition) is 1. The van der Waals surface area contributed by atoms with Gasteiger partial charge in [0.25, 0.3) is 0 Å². The Kier molecular flexibility index (Phi) is 2.80. The molecular formula is C9H14F2O. The summed E-state index contributed by atoms with van der Waals surface area (Å²) in [7, 11) is 0. The van der Waals surface area contributed by atoms with Gasteiger partial charge in [0, 0.05) is 18.8 Å². The van der Waals surface area contributed by atoms with E-state index < -0.39 is 5.92 Å². The highest BCUT2D eigenvalue weighted by Crippen LogP contribution is 2.38. The lowest BCUT2D eigenvalue weighted by molar-refractivity contribution is -0.114. The van der Waals surface area contributed by atoms with Gasteiger partial charge in [0.05, 0.1) is 0 Å². The van der Waals surface area contributed by atoms with Crippen molar-refractivity contribution in [1.82, 2.24) is 0 Å². The summed E-state index contributed by atoms with van der Waals surface area (Å²) >= 11 is 0. The summed E-state index contributed by atoms with van der Waals surface area (Å²) in [6, 6.07) is 0. The molecule has 0 aliphatic heterocycles. The minimum atomic E-state index is -2.47. The monoisotopic (exact) mass is 176 g/mol. The lowest BCUT2D eigenvalue weighted by atomic mass is 9.80. The van der Waals surface area contributed by atoms with E-state index in [-0.39, 0.29) is 24.7 Å². The molecule has 1 aliphatic carbocycles. The molecule has 0 saturated heterocycles. The predicted molar refractivity (Wildman–Crippen MR) is 42.1 cm³/mol. The number of alkyl halides is 2. The van der Waals surface area contributed by atoms with Crippen LogP contribution in [0.1, 0.15) is 32.6 Å². The second-order valence-electron chi connectivity index (χ2n) is 3.69. The predicted octanol–water partition coefficient (Wildman–Crippen LogP) is 2.65. The summed E-state index contributed by atoms with van der Waals surface area (Å²) in [6.07, 6.45) is 1.76. The Morgan fingerprint density at radius 3 is 2.33 bits per heavy atom. The van der Waals surface area contributed by atoms with E-state index in [0.717, 1.165) is 6.29 Å². The Morgan fingerprint density at radius 2 is 1.92 bits per heavy atom. The number of rotatable bonds is 2. The highest BCUT2D eigenvalue weighted by molar-refractivity contribution is 5.53. The first-order valence-electron chi connectivity index (χ1n) is 4.38. The number of aldehydes is 1. The van der Waals surface area contributed by atoms with Gasteiger partial charge in [-0.3, -0.25) is 0 Å². The van der Waals surface area contributed by atoms with Crippen LogP contribution in [0.15, 0.2) is 0 Å². The molecule has 0 N–H and O–H groups in total. The van der Waals surface area contributed by atoms with Crippen molar-refractivity contribution in [3.8, 4) is 0 Å². The van der Waals surface area contributed by atoms with Crippen molar-refractivity contribution in [2.75, 3.05) is 0 Å². The van der Waals surface area contributed by atoms with Crippen molar-refractivity contribution >= 4 is 6.29 Å². The van der Waals surface area contributed by atoms with Gasteiger partial charge in [-0.25, -0.2) is 8.78 Å². The maximum absolute atomic E-state index is 12.7. The van der Waals surface area contributed by atoms with Crippen molar-refractivity contribution in [3.05, 3.63) is 0 Å². The van der Waals surface area contributed by atoms with Crippen molar-refractivity contribution in [1.29, 1.82) is 0 Å². The molecule has 1 atom stereocenters. The molecule has 1 fully saturated rings. The third kappa shape index (κ3) is 2.26. The van der Waals surface area contributed by atoms with E-state index in [0.29, 0.717) is 12.8 Å². The van der Waals surface area contributed by atoms with Crippen molar-refractivity contribution in [2.24, 2.45) is 11.8 Å². The normalized spacial score (nSPS) is 26.6. The average Bonchev–Trinajstić information content (AvgIpc) is 2.03. The number of carbonyl (C=O) groups is 1. The molecule has 3 heteroatoms. The fourth-order valence-corrected chi connectivity index (χ4v) is 1.70. The quantitative estimate of drug-likeness (QED) is 0.591. The number of halogens is 2. The highest BCUT2D eigenvalue weighted by atomic mass is 19.3. The standard InChI is InChI=1S/C9H14F2O/c1-7(6-12)8-2-4-9(10,11)5-3-8/h6-8H,2-5H2,1H3. The molecule has 1 nitrogen and oxygen atoms in total. The molecule has 1 rings (SSSR count). The Morgan fingerprint density at radius 1 is 1.42 bits per heavy atom. The first kappa shape index (κ1) is 9.62. The molecule has 0 aromatic carbocycles. The van der Waals surface area contributed by atoms with Crippen LogP contribution in [0.2, 0.25) is 0 Å². The number of hydrogen-bond donors (Lipinski definition) is 0. The van der Waals surface area contributed by atoms with Crippen LogP contribution in [0, 0.1) is 11.8 Å². The van der Waals surface area contributed by atoms with Crippen LogP contribution < -0.4 is 0 Å². The maximum Gasteiger partial charge on any atom is 0.248 e. The van der Waals surface area contributed by atoms with Gasteiger partial charge >= 0.3 is 0 Å². The summed E-state index contributed by atoms with van der Waals surface area (Å²) in [4.78, 5) is 10.4. The van der Waals surface area contributed by atoms with Gasteiger partial charge in [0.1, 0.15) is 6.29 Å². The van der Waals surface area contributed by atoms with Gasteiger partial charge in [0.15, 0.2) is 0 Å². The minimum absolute atomic E-state index is 0.0458. The first-order valence-corrected chi connectivity index (χ1v) is 4.38. The Labute approximate surface area is 71.1 Å². The van der Waals surface area contributed by atoms with Crippen LogP contribution in [-0.4, -0.2) is 12.2 Å². The molecule has 0 radical (unpaired) electrons. The van der Waals surface area contributed by atoms with Gasteiger partial charge in [-0.1, -0.05) is 6.92 Å².